The number of hydrogen-bond acceptors (Lipinski definition) is 3. The van der Waals surface area contributed by atoms with Crippen LogP contribution in [0.15, 0.2) is 12.2 Å². The van der Waals surface area contributed by atoms with E-state index < -0.39 is 12.1 Å². The maximum absolute atomic E-state index is 11.1. The molecule has 3 nitrogen and oxygen atoms in total. The van der Waals surface area contributed by atoms with E-state index in [4.69, 9.17) is 4.74 Å². The number of aliphatic hydroxyl groups excluding tert-OH is 1. The Bertz CT molecular complexity index is 248. The van der Waals surface area contributed by atoms with E-state index in [0.717, 1.165) is 12.8 Å². The van der Waals surface area contributed by atoms with Crippen LogP contribution in [0, 0.1) is 0 Å². The topological polar surface area (TPSA) is 46.5 Å². The smallest absolute Gasteiger partial charge is 0.333 e. The number of rotatable bonds is 12. The van der Waals surface area contributed by atoms with Gasteiger partial charge in [0.15, 0.2) is 0 Å². The van der Waals surface area contributed by atoms with Crippen molar-refractivity contribution in [3.05, 3.63) is 12.2 Å². The Hall–Kier alpha value is -0.830. The predicted molar refractivity (Wildman–Crippen MR) is 79.0 cm³/mol. The van der Waals surface area contributed by atoms with Crippen LogP contribution in [-0.4, -0.2) is 23.8 Å². The molecule has 0 aliphatic carbocycles. The molecule has 0 aromatic heterocycles. The van der Waals surface area contributed by atoms with Crippen molar-refractivity contribution < 1.29 is 14.6 Å². The Kier molecular flexibility index (Phi) is 11.7. The summed E-state index contributed by atoms with van der Waals surface area (Å²) in [6.45, 7) is 7.41. The summed E-state index contributed by atoms with van der Waals surface area (Å²) < 4.78 is 4.90. The van der Waals surface area contributed by atoms with Crippen LogP contribution in [-0.2, 0) is 9.53 Å². The molecule has 1 N–H and O–H groups in total. The maximum Gasteiger partial charge on any atom is 0.333 e. The first-order chi connectivity index (χ1) is 9.07. The molecule has 1 unspecified atom stereocenters. The zero-order valence-corrected chi connectivity index (χ0v) is 12.6. The summed E-state index contributed by atoms with van der Waals surface area (Å²) >= 11 is 0. The molecule has 0 spiro atoms. The van der Waals surface area contributed by atoms with Gasteiger partial charge in [0, 0.05) is 5.57 Å². The van der Waals surface area contributed by atoms with E-state index in [9.17, 15) is 9.90 Å². The lowest BCUT2D eigenvalue weighted by atomic mass is 10.1. The average molecular weight is 270 g/mol. The van der Waals surface area contributed by atoms with Crippen molar-refractivity contribution in [1.82, 2.24) is 0 Å². The molecule has 0 fully saturated rings. The van der Waals surface area contributed by atoms with Crippen LogP contribution in [0.5, 0.6) is 0 Å². The molecule has 0 heterocycles. The molecule has 112 valence electrons. The largest absolute Gasteiger partial charge is 0.460 e. The molecule has 0 aromatic carbocycles. The van der Waals surface area contributed by atoms with E-state index in [2.05, 4.69) is 13.5 Å². The van der Waals surface area contributed by atoms with Crippen LogP contribution in [0.25, 0.3) is 0 Å². The summed E-state index contributed by atoms with van der Waals surface area (Å²) in [5.74, 6) is -0.421. The summed E-state index contributed by atoms with van der Waals surface area (Å²) in [4.78, 5) is 11.1. The van der Waals surface area contributed by atoms with Crippen LogP contribution in [0.2, 0.25) is 0 Å². The van der Waals surface area contributed by atoms with Crippen LogP contribution >= 0.6 is 0 Å². The second-order valence-corrected chi connectivity index (χ2v) is 5.30. The highest BCUT2D eigenvalue weighted by molar-refractivity contribution is 5.86. The summed E-state index contributed by atoms with van der Waals surface area (Å²) in [6.07, 6.45) is 10.1. The summed E-state index contributed by atoms with van der Waals surface area (Å²) in [7, 11) is 0. The van der Waals surface area contributed by atoms with E-state index in [-0.39, 0.29) is 6.61 Å². The number of aliphatic hydroxyl groups is 1. The Morgan fingerprint density at radius 3 is 2.16 bits per heavy atom. The Morgan fingerprint density at radius 2 is 1.63 bits per heavy atom. The molecule has 0 rings (SSSR count). The minimum absolute atomic E-state index is 0.0855. The number of ether oxygens (including phenoxy) is 1. The number of carbonyl (C=O) groups is 1. The van der Waals surface area contributed by atoms with Gasteiger partial charge < -0.3 is 9.84 Å². The molecular weight excluding hydrogens is 240 g/mol. The van der Waals surface area contributed by atoms with E-state index in [1.54, 1.807) is 6.92 Å². The normalized spacial score (nSPS) is 12.2. The standard InChI is InChI=1S/C16H30O3/c1-4-5-6-7-8-9-10-11-12-15(17)13-19-16(18)14(2)3/h15,17H,2,4-13H2,1,3H3. The number of unbranched alkanes of at least 4 members (excludes halogenated alkanes) is 7. The molecule has 0 amide bonds. The molecule has 0 aliphatic rings. The third kappa shape index (κ3) is 12.0. The minimum Gasteiger partial charge on any atom is -0.460 e. The first-order valence-corrected chi connectivity index (χ1v) is 7.58. The van der Waals surface area contributed by atoms with Crippen LogP contribution in [0.3, 0.4) is 0 Å². The van der Waals surface area contributed by atoms with Crippen molar-refractivity contribution >= 4 is 5.97 Å². The molecular formula is C16H30O3. The van der Waals surface area contributed by atoms with Gasteiger partial charge in [0.25, 0.3) is 0 Å². The SMILES string of the molecule is C=C(C)C(=O)OCC(O)CCCCCCCCCC. The summed E-state index contributed by atoms with van der Waals surface area (Å²) in [6, 6.07) is 0. The third-order valence-corrected chi connectivity index (χ3v) is 3.15. The maximum atomic E-state index is 11.1. The second kappa shape index (κ2) is 12.2. The summed E-state index contributed by atoms with van der Waals surface area (Å²) in [5, 5.41) is 9.65. The van der Waals surface area contributed by atoms with Crippen molar-refractivity contribution in [2.24, 2.45) is 0 Å². The van der Waals surface area contributed by atoms with Gasteiger partial charge >= 0.3 is 5.97 Å². The van der Waals surface area contributed by atoms with Crippen molar-refractivity contribution in [1.29, 1.82) is 0 Å². The highest BCUT2D eigenvalue weighted by atomic mass is 16.5. The van der Waals surface area contributed by atoms with E-state index in [1.807, 2.05) is 0 Å². The van der Waals surface area contributed by atoms with Gasteiger partial charge in [-0.1, -0.05) is 64.9 Å². The van der Waals surface area contributed by atoms with Crippen molar-refractivity contribution in [3.8, 4) is 0 Å². The first kappa shape index (κ1) is 18.2. The van der Waals surface area contributed by atoms with Gasteiger partial charge in [0.05, 0.1) is 6.10 Å². The highest BCUT2D eigenvalue weighted by Crippen LogP contribution is 2.11. The zero-order chi connectivity index (χ0) is 14.5. The molecule has 3 heteroatoms. The van der Waals surface area contributed by atoms with Gasteiger partial charge in [-0.2, -0.15) is 0 Å². The second-order valence-electron chi connectivity index (χ2n) is 5.30. The Morgan fingerprint density at radius 1 is 1.11 bits per heavy atom. The van der Waals surface area contributed by atoms with Gasteiger partial charge in [0.1, 0.15) is 6.61 Å². The van der Waals surface area contributed by atoms with Gasteiger partial charge in [-0.3, -0.25) is 0 Å². The molecule has 1 atom stereocenters. The van der Waals surface area contributed by atoms with Gasteiger partial charge in [-0.15, -0.1) is 0 Å². The van der Waals surface area contributed by atoms with Crippen LogP contribution < -0.4 is 0 Å². The fraction of sp³-hybridized carbons (Fsp3) is 0.812. The number of hydrogen-bond donors (Lipinski definition) is 1. The first-order valence-electron chi connectivity index (χ1n) is 7.58. The molecule has 0 saturated carbocycles. The van der Waals surface area contributed by atoms with Gasteiger partial charge in [-0.25, -0.2) is 4.79 Å². The lowest BCUT2D eigenvalue weighted by Crippen LogP contribution is -2.18. The van der Waals surface area contributed by atoms with Crippen LogP contribution in [0.4, 0.5) is 0 Å². The fourth-order valence-corrected chi connectivity index (χ4v) is 1.89. The van der Waals surface area contributed by atoms with Crippen molar-refractivity contribution in [3.63, 3.8) is 0 Å². The average Bonchev–Trinajstić information content (AvgIpc) is 2.38. The molecule has 0 aromatic rings. The van der Waals surface area contributed by atoms with Gasteiger partial charge in [0.2, 0.25) is 0 Å². The minimum atomic E-state index is -0.539. The fourth-order valence-electron chi connectivity index (χ4n) is 1.89. The van der Waals surface area contributed by atoms with Crippen molar-refractivity contribution in [2.75, 3.05) is 6.61 Å². The lowest BCUT2D eigenvalue weighted by Gasteiger charge is -2.11. The Balaban J connectivity index is 3.31. The predicted octanol–water partition coefficient (Wildman–Crippen LogP) is 4.00. The zero-order valence-electron chi connectivity index (χ0n) is 12.6. The van der Waals surface area contributed by atoms with E-state index in [0.29, 0.717) is 12.0 Å². The lowest BCUT2D eigenvalue weighted by molar-refractivity contribution is -0.142. The number of carbonyl (C=O) groups excluding carboxylic acids is 1. The highest BCUT2D eigenvalue weighted by Gasteiger charge is 2.08. The summed E-state index contributed by atoms with van der Waals surface area (Å²) in [5.41, 5.74) is 0.374. The number of esters is 1. The van der Waals surface area contributed by atoms with Gasteiger partial charge in [-0.05, 0) is 13.3 Å². The Labute approximate surface area is 118 Å². The molecule has 0 saturated heterocycles. The molecule has 0 aliphatic heterocycles. The monoisotopic (exact) mass is 270 g/mol. The third-order valence-electron chi connectivity index (χ3n) is 3.15. The quantitative estimate of drug-likeness (QED) is 0.331. The molecule has 0 radical (unpaired) electrons. The molecule has 0 bridgehead atoms. The van der Waals surface area contributed by atoms with E-state index >= 15 is 0 Å². The van der Waals surface area contributed by atoms with Crippen LogP contribution in [0.1, 0.15) is 71.6 Å². The van der Waals surface area contributed by atoms with E-state index in [1.165, 1.54) is 38.5 Å². The molecule has 19 heavy (non-hydrogen) atoms. The van der Waals surface area contributed by atoms with Crippen molar-refractivity contribution in [2.45, 2.75) is 77.7 Å².